The predicted octanol–water partition coefficient (Wildman–Crippen LogP) is 6.49. The highest BCUT2D eigenvalue weighted by Gasteiger charge is 2.43. The first kappa shape index (κ1) is 30.1. The Hall–Kier alpha value is -2.85. The molecule has 0 atom stereocenters. The second kappa shape index (κ2) is 13.2. The third-order valence-corrected chi connectivity index (χ3v) is 7.72. The second-order valence-electron chi connectivity index (χ2n) is 10.9. The van der Waals surface area contributed by atoms with E-state index in [4.69, 9.17) is 26.1 Å². The monoisotopic (exact) mass is 576 g/mol. The van der Waals surface area contributed by atoms with E-state index >= 15 is 4.39 Å². The number of amides is 2. The number of hydrogen-bond donors (Lipinski definition) is 1. The second-order valence-corrected chi connectivity index (χ2v) is 11.3. The Morgan fingerprint density at radius 1 is 1.18 bits per heavy atom. The number of urea groups is 1. The number of unbranched alkanes of at least 4 members (excludes halogenated alkanes) is 2. The highest BCUT2D eigenvalue weighted by atomic mass is 35.5. The molecule has 1 aliphatic carbocycles. The molecule has 220 valence electrons. The van der Waals surface area contributed by atoms with Gasteiger partial charge in [-0.3, -0.25) is 14.7 Å². The maximum atomic E-state index is 15.5. The minimum absolute atomic E-state index is 0.000432. The van der Waals surface area contributed by atoms with Crippen molar-refractivity contribution in [2.45, 2.75) is 91.4 Å². The van der Waals surface area contributed by atoms with Crippen molar-refractivity contribution >= 4 is 35.1 Å². The number of methoxy groups -OCH3 is 1. The number of benzene rings is 1. The van der Waals surface area contributed by atoms with Gasteiger partial charge in [-0.1, -0.05) is 18.0 Å². The zero-order chi connectivity index (χ0) is 29.0. The van der Waals surface area contributed by atoms with E-state index in [9.17, 15) is 4.79 Å². The lowest BCUT2D eigenvalue weighted by molar-refractivity contribution is 0.171. The van der Waals surface area contributed by atoms with Gasteiger partial charge in [0.25, 0.3) is 0 Å². The summed E-state index contributed by atoms with van der Waals surface area (Å²) in [4.78, 5) is 28.5. The molecular weight excluding hydrogens is 535 g/mol. The minimum atomic E-state index is -0.715. The van der Waals surface area contributed by atoms with Gasteiger partial charge in [0.1, 0.15) is 22.3 Å². The van der Waals surface area contributed by atoms with Gasteiger partial charge in [-0.25, -0.2) is 14.2 Å². The van der Waals surface area contributed by atoms with Crippen molar-refractivity contribution < 1.29 is 18.7 Å². The summed E-state index contributed by atoms with van der Waals surface area (Å²) in [5.74, 6) is 0.547. The number of anilines is 3. The molecule has 1 saturated carbocycles. The molecule has 0 spiro atoms. The molecule has 2 amide bonds. The van der Waals surface area contributed by atoms with E-state index in [0.717, 1.165) is 50.8 Å². The molecule has 0 saturated heterocycles. The van der Waals surface area contributed by atoms with E-state index in [2.05, 4.69) is 42.9 Å². The molecule has 2 aromatic rings. The van der Waals surface area contributed by atoms with Gasteiger partial charge in [0.15, 0.2) is 11.6 Å². The van der Waals surface area contributed by atoms with Crippen LogP contribution in [-0.4, -0.2) is 65.8 Å². The van der Waals surface area contributed by atoms with Crippen molar-refractivity contribution in [1.82, 2.24) is 14.9 Å². The highest BCUT2D eigenvalue weighted by Crippen LogP contribution is 2.46. The Bertz CT molecular complexity index is 1180. The lowest BCUT2D eigenvalue weighted by Crippen LogP contribution is -2.49. The first-order chi connectivity index (χ1) is 19.2. The zero-order valence-corrected chi connectivity index (χ0v) is 25.2. The Labute approximate surface area is 242 Å². The van der Waals surface area contributed by atoms with Crippen LogP contribution >= 0.6 is 11.6 Å². The van der Waals surface area contributed by atoms with E-state index in [-0.39, 0.29) is 40.8 Å². The van der Waals surface area contributed by atoms with Crippen LogP contribution in [0.5, 0.6) is 11.5 Å². The molecule has 1 N–H and O–H groups in total. The summed E-state index contributed by atoms with van der Waals surface area (Å²) in [5, 5.41) is 3.34. The van der Waals surface area contributed by atoms with Crippen LogP contribution in [0.1, 0.15) is 72.3 Å². The van der Waals surface area contributed by atoms with Gasteiger partial charge in [0.05, 0.1) is 20.3 Å². The summed E-state index contributed by atoms with van der Waals surface area (Å²) >= 11 is 6.58. The predicted molar refractivity (Wildman–Crippen MR) is 158 cm³/mol. The van der Waals surface area contributed by atoms with Crippen LogP contribution in [0.3, 0.4) is 0 Å². The Morgan fingerprint density at radius 3 is 2.52 bits per heavy atom. The molecule has 11 heteroatoms. The number of nitrogens with zero attached hydrogens (tertiary/aromatic N) is 5. The van der Waals surface area contributed by atoms with Crippen LogP contribution in [0, 0.1) is 5.82 Å². The van der Waals surface area contributed by atoms with Gasteiger partial charge >= 0.3 is 6.03 Å². The fraction of sp³-hybridized carbons (Fsp3) is 0.621. The van der Waals surface area contributed by atoms with Crippen LogP contribution in [0.2, 0.25) is 5.02 Å². The topological polar surface area (TPSA) is 83.1 Å². The van der Waals surface area contributed by atoms with Gasteiger partial charge in [-0.2, -0.15) is 4.98 Å². The van der Waals surface area contributed by atoms with Crippen molar-refractivity contribution in [1.29, 1.82) is 0 Å². The van der Waals surface area contributed by atoms with Gasteiger partial charge < -0.3 is 14.8 Å². The normalized spacial score (nSPS) is 15.3. The summed E-state index contributed by atoms with van der Waals surface area (Å²) in [6.07, 6.45) is 6.66. The molecule has 1 aromatic heterocycles. The molecule has 0 unspecified atom stereocenters. The molecule has 4 rings (SSSR count). The van der Waals surface area contributed by atoms with Crippen molar-refractivity contribution in [2.75, 3.05) is 41.9 Å². The van der Waals surface area contributed by atoms with E-state index in [1.807, 2.05) is 0 Å². The van der Waals surface area contributed by atoms with Crippen molar-refractivity contribution in [3.8, 4) is 11.5 Å². The van der Waals surface area contributed by atoms with E-state index in [1.165, 1.54) is 18.1 Å². The number of fused-ring (bicyclic) bond motifs is 1. The van der Waals surface area contributed by atoms with Gasteiger partial charge in [-0.05, 0) is 66.8 Å². The molecule has 2 heterocycles. The fourth-order valence-corrected chi connectivity index (χ4v) is 5.52. The highest BCUT2D eigenvalue weighted by molar-refractivity contribution is 6.35. The van der Waals surface area contributed by atoms with Crippen LogP contribution < -0.4 is 24.6 Å². The molecule has 9 nitrogen and oxygen atoms in total. The van der Waals surface area contributed by atoms with Crippen molar-refractivity contribution in [2.24, 2.45) is 0 Å². The smallest absolute Gasteiger partial charge is 0.330 e. The van der Waals surface area contributed by atoms with Crippen LogP contribution in [-0.2, 0) is 6.54 Å². The van der Waals surface area contributed by atoms with Crippen LogP contribution in [0.25, 0.3) is 0 Å². The standard InChI is InChI=1S/C29H42ClFN6O3/c1-7-40-22-15-23(39-6)25(31)26(24(22)30)36-17-20-16-33-28(34-27(20)37(29(36)38)21-11-12-21)32-13-9-8-10-14-35(18(2)3)19(4)5/h15-16,18-19,21H,7-14,17H2,1-6H3,(H,32,33,34). The number of carbonyl (C=O) groups excluding carboxylic acids is 1. The number of carbonyl (C=O) groups is 1. The number of rotatable bonds is 14. The van der Waals surface area contributed by atoms with Crippen molar-refractivity contribution in [3.05, 3.63) is 28.7 Å². The third kappa shape index (κ3) is 6.54. The molecule has 1 fully saturated rings. The molecular formula is C29H42ClFN6O3. The number of nitrogens with one attached hydrogen (secondary N) is 1. The van der Waals surface area contributed by atoms with Crippen molar-refractivity contribution in [3.63, 3.8) is 0 Å². The maximum Gasteiger partial charge on any atom is 0.330 e. The molecule has 2 aliphatic rings. The number of halogens is 2. The summed E-state index contributed by atoms with van der Waals surface area (Å²) < 4.78 is 26.3. The first-order valence-corrected chi connectivity index (χ1v) is 14.7. The number of aromatic nitrogens is 2. The van der Waals surface area contributed by atoms with Gasteiger partial charge in [-0.15, -0.1) is 0 Å². The first-order valence-electron chi connectivity index (χ1n) is 14.3. The van der Waals surface area contributed by atoms with Crippen LogP contribution in [0.15, 0.2) is 12.3 Å². The SMILES string of the molecule is CCOc1cc(OC)c(F)c(N2Cc3cnc(NCCCCCN(C(C)C)C(C)C)nc3N(C3CC3)C2=O)c1Cl. The Morgan fingerprint density at radius 2 is 1.90 bits per heavy atom. The van der Waals surface area contributed by atoms with Gasteiger partial charge in [0, 0.05) is 42.5 Å². The summed E-state index contributed by atoms with van der Waals surface area (Å²) in [5.41, 5.74) is 0.650. The average molecular weight is 577 g/mol. The molecule has 40 heavy (non-hydrogen) atoms. The summed E-state index contributed by atoms with van der Waals surface area (Å²) in [7, 11) is 1.37. The molecule has 0 bridgehead atoms. The molecule has 1 aromatic carbocycles. The number of hydrogen-bond acceptors (Lipinski definition) is 7. The summed E-state index contributed by atoms with van der Waals surface area (Å²) in [6, 6.07) is 2.10. The third-order valence-electron chi connectivity index (χ3n) is 7.35. The largest absolute Gasteiger partial charge is 0.493 e. The van der Waals surface area contributed by atoms with Crippen LogP contribution in [0.4, 0.5) is 26.6 Å². The average Bonchev–Trinajstić information content (AvgIpc) is 3.75. The molecule has 0 radical (unpaired) electrons. The van der Waals surface area contributed by atoms with E-state index < -0.39 is 5.82 Å². The lowest BCUT2D eigenvalue weighted by Gasteiger charge is -2.37. The van der Waals surface area contributed by atoms with E-state index in [1.54, 1.807) is 18.0 Å². The van der Waals surface area contributed by atoms with Gasteiger partial charge in [0.2, 0.25) is 5.95 Å². The van der Waals surface area contributed by atoms with E-state index in [0.29, 0.717) is 30.5 Å². The Balaban J connectivity index is 1.48. The lowest BCUT2D eigenvalue weighted by atomic mass is 10.1. The Kier molecular flexibility index (Phi) is 9.94. The maximum absolute atomic E-state index is 15.5. The number of ether oxygens (including phenoxy) is 2. The quantitative estimate of drug-likeness (QED) is 0.257. The molecule has 1 aliphatic heterocycles. The zero-order valence-electron chi connectivity index (χ0n) is 24.5. The summed E-state index contributed by atoms with van der Waals surface area (Å²) in [6.45, 7) is 13.0. The minimum Gasteiger partial charge on any atom is -0.493 e. The fourth-order valence-electron chi connectivity index (χ4n) is 5.23.